The zero-order valence-electron chi connectivity index (χ0n) is 15.8. The van der Waals surface area contributed by atoms with E-state index in [0.29, 0.717) is 49.2 Å². The van der Waals surface area contributed by atoms with Gasteiger partial charge in [0.2, 0.25) is 0 Å². The minimum absolute atomic E-state index is 0.192. The van der Waals surface area contributed by atoms with E-state index >= 15 is 0 Å². The zero-order chi connectivity index (χ0) is 19.5. The molecule has 4 rings (SSSR count). The predicted molar refractivity (Wildman–Crippen MR) is 112 cm³/mol. The van der Waals surface area contributed by atoms with Crippen LogP contribution in [0.3, 0.4) is 0 Å². The highest BCUT2D eigenvalue weighted by molar-refractivity contribution is 5.78. The summed E-state index contributed by atoms with van der Waals surface area (Å²) in [5.74, 6) is 1.10. The van der Waals surface area contributed by atoms with Crippen LogP contribution in [0, 0.1) is 12.7 Å². The van der Waals surface area contributed by atoms with E-state index in [-0.39, 0.29) is 5.82 Å². The standard InChI is InChI=1S/C21H23FN6/c1-15-5-4-6-16(13-15)26-20-19(23)21(25-14-24-20)28-11-9-27(10-12-28)18-8-3-2-7-17(18)22/h2-8,13-14H,9-12,23H2,1H3,(H,24,25,26). The van der Waals surface area contributed by atoms with Gasteiger partial charge in [-0.2, -0.15) is 0 Å². The normalized spacial score (nSPS) is 14.2. The number of para-hydroxylation sites is 1. The number of halogens is 1. The van der Waals surface area contributed by atoms with Crippen molar-refractivity contribution in [3.8, 4) is 0 Å². The molecule has 1 aromatic heterocycles. The molecule has 1 aliphatic rings. The van der Waals surface area contributed by atoms with Gasteiger partial charge in [-0.15, -0.1) is 0 Å². The number of anilines is 5. The summed E-state index contributed by atoms with van der Waals surface area (Å²) in [6.45, 7) is 4.85. The molecule has 0 saturated carbocycles. The second kappa shape index (κ2) is 7.72. The second-order valence-electron chi connectivity index (χ2n) is 6.88. The third-order valence-electron chi connectivity index (χ3n) is 4.92. The Kier molecular flexibility index (Phi) is 4.97. The molecule has 0 radical (unpaired) electrons. The summed E-state index contributed by atoms with van der Waals surface area (Å²) in [6, 6.07) is 14.9. The lowest BCUT2D eigenvalue weighted by Crippen LogP contribution is -2.47. The highest BCUT2D eigenvalue weighted by Gasteiger charge is 2.22. The molecule has 3 aromatic rings. The molecule has 2 heterocycles. The van der Waals surface area contributed by atoms with Crippen LogP contribution in [0.2, 0.25) is 0 Å². The minimum atomic E-state index is -0.192. The van der Waals surface area contributed by atoms with Crippen LogP contribution in [0.4, 0.5) is 33.1 Å². The molecule has 144 valence electrons. The minimum Gasteiger partial charge on any atom is -0.393 e. The van der Waals surface area contributed by atoms with Crippen molar-refractivity contribution in [1.29, 1.82) is 0 Å². The fourth-order valence-corrected chi connectivity index (χ4v) is 3.46. The van der Waals surface area contributed by atoms with Gasteiger partial charge >= 0.3 is 0 Å². The average molecular weight is 378 g/mol. The number of aromatic nitrogens is 2. The number of piperazine rings is 1. The zero-order valence-corrected chi connectivity index (χ0v) is 15.8. The number of rotatable bonds is 4. The van der Waals surface area contributed by atoms with Crippen LogP contribution in [0.1, 0.15) is 5.56 Å². The number of nitrogens with two attached hydrogens (primary N) is 1. The summed E-state index contributed by atoms with van der Waals surface area (Å²) in [5, 5.41) is 3.27. The van der Waals surface area contributed by atoms with Crippen molar-refractivity contribution < 1.29 is 4.39 Å². The van der Waals surface area contributed by atoms with Crippen LogP contribution in [-0.4, -0.2) is 36.1 Å². The fraction of sp³-hybridized carbons (Fsp3) is 0.238. The van der Waals surface area contributed by atoms with Gasteiger partial charge in [0.05, 0.1) is 5.69 Å². The van der Waals surface area contributed by atoms with Gasteiger partial charge in [0.1, 0.15) is 17.8 Å². The highest BCUT2D eigenvalue weighted by Crippen LogP contribution is 2.30. The molecule has 0 aliphatic carbocycles. The Morgan fingerprint density at radius 1 is 0.964 bits per heavy atom. The molecule has 0 bridgehead atoms. The number of nitrogens with one attached hydrogen (secondary N) is 1. The molecule has 0 atom stereocenters. The van der Waals surface area contributed by atoms with Gasteiger partial charge in [-0.1, -0.05) is 24.3 Å². The van der Waals surface area contributed by atoms with E-state index in [1.54, 1.807) is 6.07 Å². The summed E-state index contributed by atoms with van der Waals surface area (Å²) in [4.78, 5) is 12.9. The van der Waals surface area contributed by atoms with Crippen molar-refractivity contribution in [3.05, 3.63) is 66.2 Å². The first-order valence-corrected chi connectivity index (χ1v) is 9.30. The molecule has 1 aliphatic heterocycles. The van der Waals surface area contributed by atoms with Gasteiger partial charge in [0.25, 0.3) is 0 Å². The molecule has 7 heteroatoms. The molecule has 0 unspecified atom stereocenters. The molecule has 3 N–H and O–H groups in total. The monoisotopic (exact) mass is 378 g/mol. The molecule has 2 aromatic carbocycles. The summed E-state index contributed by atoms with van der Waals surface area (Å²) < 4.78 is 14.0. The summed E-state index contributed by atoms with van der Waals surface area (Å²) >= 11 is 0. The summed E-state index contributed by atoms with van der Waals surface area (Å²) in [6.07, 6.45) is 1.52. The molecule has 0 spiro atoms. The van der Waals surface area contributed by atoms with Crippen LogP contribution in [0.15, 0.2) is 54.9 Å². The smallest absolute Gasteiger partial charge is 0.159 e. The Labute approximate surface area is 163 Å². The number of benzene rings is 2. The van der Waals surface area contributed by atoms with E-state index in [0.717, 1.165) is 11.3 Å². The van der Waals surface area contributed by atoms with Crippen LogP contribution < -0.4 is 20.9 Å². The van der Waals surface area contributed by atoms with Crippen molar-refractivity contribution in [2.75, 3.05) is 47.0 Å². The van der Waals surface area contributed by atoms with Gasteiger partial charge in [0, 0.05) is 31.9 Å². The first-order chi connectivity index (χ1) is 13.6. The first kappa shape index (κ1) is 18.0. The molecule has 1 fully saturated rings. The van der Waals surface area contributed by atoms with Crippen molar-refractivity contribution in [3.63, 3.8) is 0 Å². The second-order valence-corrected chi connectivity index (χ2v) is 6.88. The van der Waals surface area contributed by atoms with Crippen LogP contribution in [-0.2, 0) is 0 Å². The third kappa shape index (κ3) is 3.69. The van der Waals surface area contributed by atoms with E-state index < -0.39 is 0 Å². The van der Waals surface area contributed by atoms with Crippen LogP contribution in [0.5, 0.6) is 0 Å². The Hall–Kier alpha value is -3.35. The average Bonchev–Trinajstić information content (AvgIpc) is 2.70. The molecule has 1 saturated heterocycles. The van der Waals surface area contributed by atoms with E-state index in [4.69, 9.17) is 5.73 Å². The topological polar surface area (TPSA) is 70.3 Å². The molecule has 28 heavy (non-hydrogen) atoms. The fourth-order valence-electron chi connectivity index (χ4n) is 3.46. The largest absolute Gasteiger partial charge is 0.393 e. The maximum atomic E-state index is 14.0. The lowest BCUT2D eigenvalue weighted by molar-refractivity contribution is 0.596. The van der Waals surface area contributed by atoms with E-state index in [2.05, 4.69) is 25.1 Å². The quantitative estimate of drug-likeness (QED) is 0.723. The SMILES string of the molecule is Cc1cccc(Nc2ncnc(N3CCN(c4ccccc4F)CC3)c2N)c1. The van der Waals surface area contributed by atoms with Crippen molar-refractivity contribution in [2.24, 2.45) is 0 Å². The highest BCUT2D eigenvalue weighted by atomic mass is 19.1. The Balaban J connectivity index is 1.49. The maximum Gasteiger partial charge on any atom is 0.159 e. The third-order valence-corrected chi connectivity index (χ3v) is 4.92. The predicted octanol–water partition coefficient (Wildman–Crippen LogP) is 3.58. The van der Waals surface area contributed by atoms with Crippen molar-refractivity contribution >= 4 is 28.7 Å². The number of nitrogen functional groups attached to an aromatic ring is 1. The van der Waals surface area contributed by atoms with E-state index in [9.17, 15) is 4.39 Å². The Bertz CT molecular complexity index is 969. The Morgan fingerprint density at radius 2 is 1.71 bits per heavy atom. The number of nitrogens with zero attached hydrogens (tertiary/aromatic N) is 4. The van der Waals surface area contributed by atoms with Gasteiger partial charge in [-0.25, -0.2) is 14.4 Å². The van der Waals surface area contributed by atoms with Crippen molar-refractivity contribution in [1.82, 2.24) is 9.97 Å². The number of aryl methyl sites for hydroxylation is 1. The first-order valence-electron chi connectivity index (χ1n) is 9.30. The molecule has 0 amide bonds. The molecular formula is C21H23FN6. The van der Waals surface area contributed by atoms with Gasteiger partial charge < -0.3 is 20.9 Å². The van der Waals surface area contributed by atoms with Crippen LogP contribution in [0.25, 0.3) is 0 Å². The molecule has 6 nitrogen and oxygen atoms in total. The molecular weight excluding hydrogens is 355 g/mol. The van der Waals surface area contributed by atoms with Crippen molar-refractivity contribution in [2.45, 2.75) is 6.92 Å². The van der Waals surface area contributed by atoms with E-state index in [1.165, 1.54) is 12.4 Å². The van der Waals surface area contributed by atoms with E-state index in [1.807, 2.05) is 43.3 Å². The lowest BCUT2D eigenvalue weighted by Gasteiger charge is -2.37. The van der Waals surface area contributed by atoms with Gasteiger partial charge in [-0.3, -0.25) is 0 Å². The Morgan fingerprint density at radius 3 is 2.46 bits per heavy atom. The van der Waals surface area contributed by atoms with Crippen LogP contribution >= 0.6 is 0 Å². The lowest BCUT2D eigenvalue weighted by atomic mass is 10.2. The van der Waals surface area contributed by atoms with Gasteiger partial charge in [-0.05, 0) is 36.8 Å². The number of hydrogen-bond acceptors (Lipinski definition) is 6. The maximum absolute atomic E-state index is 14.0. The summed E-state index contributed by atoms with van der Waals surface area (Å²) in [7, 11) is 0. The number of hydrogen-bond donors (Lipinski definition) is 2. The van der Waals surface area contributed by atoms with Gasteiger partial charge in [0.15, 0.2) is 11.6 Å². The summed E-state index contributed by atoms with van der Waals surface area (Å²) in [5.41, 5.74) is 9.61.